The minimum Gasteiger partial charge on any atom is -0.382 e. The van der Waals surface area contributed by atoms with Crippen molar-refractivity contribution >= 4 is 17.0 Å². The Bertz CT molecular complexity index is 653. The van der Waals surface area contributed by atoms with Crippen molar-refractivity contribution in [1.29, 1.82) is 0 Å². The van der Waals surface area contributed by atoms with E-state index in [1.54, 1.807) is 12.4 Å². The summed E-state index contributed by atoms with van der Waals surface area (Å²) in [6.07, 6.45) is 5.73. The van der Waals surface area contributed by atoms with Crippen molar-refractivity contribution in [2.45, 2.75) is 13.3 Å². The lowest BCUT2D eigenvalue weighted by atomic mass is 10.4. The summed E-state index contributed by atoms with van der Waals surface area (Å²) >= 11 is 0. The van der Waals surface area contributed by atoms with Crippen molar-refractivity contribution in [3.05, 3.63) is 24.5 Å². The summed E-state index contributed by atoms with van der Waals surface area (Å²) in [6.45, 7) is 2.03. The molecule has 3 heterocycles. The molecule has 0 unspecified atom stereocenters. The van der Waals surface area contributed by atoms with Crippen molar-refractivity contribution < 1.29 is 0 Å². The van der Waals surface area contributed by atoms with Crippen LogP contribution in [0.3, 0.4) is 0 Å². The van der Waals surface area contributed by atoms with Crippen LogP contribution in [0.2, 0.25) is 0 Å². The lowest BCUT2D eigenvalue weighted by molar-refractivity contribution is 0.901. The van der Waals surface area contributed by atoms with Gasteiger partial charge in [-0.3, -0.25) is 9.67 Å². The van der Waals surface area contributed by atoms with E-state index in [2.05, 4.69) is 25.1 Å². The van der Waals surface area contributed by atoms with Crippen LogP contribution in [0.15, 0.2) is 18.7 Å². The molecule has 3 rings (SSSR count). The molecule has 0 spiro atoms. The predicted molar refractivity (Wildman–Crippen MR) is 62.6 cm³/mol. The third kappa shape index (κ3) is 1.36. The van der Waals surface area contributed by atoms with Crippen LogP contribution in [0.5, 0.6) is 0 Å². The average Bonchev–Trinajstić information content (AvgIpc) is 2.94. The summed E-state index contributed by atoms with van der Waals surface area (Å²) < 4.78 is 1.93. The van der Waals surface area contributed by atoms with E-state index in [1.165, 1.54) is 6.33 Å². The summed E-state index contributed by atoms with van der Waals surface area (Å²) in [4.78, 5) is 12.6. The lowest BCUT2D eigenvalue weighted by Crippen LogP contribution is -2.00. The molecule has 0 radical (unpaired) electrons. The fourth-order valence-corrected chi connectivity index (χ4v) is 1.83. The highest BCUT2D eigenvalue weighted by Crippen LogP contribution is 2.21. The van der Waals surface area contributed by atoms with E-state index in [-0.39, 0.29) is 0 Å². The van der Waals surface area contributed by atoms with Crippen LogP contribution in [0.4, 0.5) is 5.82 Å². The van der Waals surface area contributed by atoms with Gasteiger partial charge in [0.15, 0.2) is 17.0 Å². The number of rotatable bonds is 2. The molecule has 0 amide bonds. The Morgan fingerprint density at radius 3 is 3.00 bits per heavy atom. The van der Waals surface area contributed by atoms with Crippen LogP contribution in [-0.4, -0.2) is 29.7 Å². The molecule has 0 atom stereocenters. The topological polar surface area (TPSA) is 98.3 Å². The maximum absolute atomic E-state index is 5.80. The van der Waals surface area contributed by atoms with Gasteiger partial charge < -0.3 is 5.73 Å². The van der Waals surface area contributed by atoms with Gasteiger partial charge in [-0.1, -0.05) is 6.92 Å². The third-order valence-electron chi connectivity index (χ3n) is 2.60. The second-order valence-corrected chi connectivity index (χ2v) is 3.60. The molecule has 0 aliphatic heterocycles. The molecule has 0 aliphatic carbocycles. The molecule has 7 nitrogen and oxygen atoms in total. The molecule has 0 fully saturated rings. The number of aryl methyl sites for hydroxylation is 1. The molecule has 0 saturated heterocycles. The van der Waals surface area contributed by atoms with Gasteiger partial charge in [0.1, 0.15) is 12.2 Å². The SMILES string of the molecule is CCc1nc2c(N)ncnc2n1-c1cn[nH]c1. The Morgan fingerprint density at radius 2 is 2.29 bits per heavy atom. The Kier molecular flexibility index (Phi) is 2.04. The standard InChI is InChI=1S/C10H11N7/c1-2-7-16-8-9(11)12-5-13-10(8)17(7)6-3-14-15-4-6/h3-5H,2H2,1H3,(H,14,15)(H2,11,12,13). The first-order valence-corrected chi connectivity index (χ1v) is 5.28. The minimum atomic E-state index is 0.395. The Morgan fingerprint density at radius 1 is 1.41 bits per heavy atom. The highest BCUT2D eigenvalue weighted by Gasteiger charge is 2.15. The highest BCUT2D eigenvalue weighted by molar-refractivity contribution is 5.83. The molecule has 0 saturated carbocycles. The van der Waals surface area contributed by atoms with Crippen molar-refractivity contribution in [3.63, 3.8) is 0 Å². The number of hydrogen-bond acceptors (Lipinski definition) is 5. The third-order valence-corrected chi connectivity index (χ3v) is 2.60. The number of H-pyrrole nitrogens is 1. The second-order valence-electron chi connectivity index (χ2n) is 3.60. The smallest absolute Gasteiger partial charge is 0.170 e. The van der Waals surface area contributed by atoms with Crippen molar-refractivity contribution in [3.8, 4) is 5.69 Å². The Balaban J connectivity index is 2.39. The molecule has 17 heavy (non-hydrogen) atoms. The van der Waals surface area contributed by atoms with Gasteiger partial charge in [0.2, 0.25) is 0 Å². The molecular weight excluding hydrogens is 218 g/mol. The fourth-order valence-electron chi connectivity index (χ4n) is 1.83. The number of anilines is 1. The van der Waals surface area contributed by atoms with E-state index in [0.717, 1.165) is 17.9 Å². The van der Waals surface area contributed by atoms with Gasteiger partial charge >= 0.3 is 0 Å². The zero-order valence-corrected chi connectivity index (χ0v) is 9.25. The minimum absolute atomic E-state index is 0.395. The predicted octanol–water partition coefficient (Wildman–Crippen LogP) is 0.683. The second kappa shape index (κ2) is 3.55. The number of nitrogens with zero attached hydrogens (tertiary/aromatic N) is 5. The van der Waals surface area contributed by atoms with E-state index in [1.807, 2.05) is 11.5 Å². The van der Waals surface area contributed by atoms with Gasteiger partial charge in [0.25, 0.3) is 0 Å². The van der Waals surface area contributed by atoms with E-state index < -0.39 is 0 Å². The van der Waals surface area contributed by atoms with Crippen LogP contribution in [0.25, 0.3) is 16.9 Å². The van der Waals surface area contributed by atoms with Gasteiger partial charge in [-0.05, 0) is 0 Å². The number of nitrogen functional groups attached to an aromatic ring is 1. The monoisotopic (exact) mass is 229 g/mol. The van der Waals surface area contributed by atoms with Crippen molar-refractivity contribution in [1.82, 2.24) is 29.7 Å². The Labute approximate surface area is 96.7 Å². The van der Waals surface area contributed by atoms with Gasteiger partial charge in [0.05, 0.1) is 11.9 Å². The summed E-state index contributed by atoms with van der Waals surface area (Å²) in [5.41, 5.74) is 8.02. The van der Waals surface area contributed by atoms with E-state index in [9.17, 15) is 0 Å². The van der Waals surface area contributed by atoms with Crippen LogP contribution >= 0.6 is 0 Å². The van der Waals surface area contributed by atoms with Crippen LogP contribution in [0.1, 0.15) is 12.7 Å². The summed E-state index contributed by atoms with van der Waals surface area (Å²) in [6, 6.07) is 0. The maximum atomic E-state index is 5.80. The first-order valence-electron chi connectivity index (χ1n) is 5.28. The summed E-state index contributed by atoms with van der Waals surface area (Å²) in [7, 11) is 0. The van der Waals surface area contributed by atoms with Crippen molar-refractivity contribution in [2.24, 2.45) is 0 Å². The van der Waals surface area contributed by atoms with E-state index >= 15 is 0 Å². The first kappa shape index (κ1) is 9.76. The number of imidazole rings is 1. The number of fused-ring (bicyclic) bond motifs is 1. The fraction of sp³-hybridized carbons (Fsp3) is 0.200. The maximum Gasteiger partial charge on any atom is 0.170 e. The molecule has 3 aromatic rings. The molecule has 86 valence electrons. The number of aromatic nitrogens is 6. The molecule has 7 heteroatoms. The zero-order chi connectivity index (χ0) is 11.8. The van der Waals surface area contributed by atoms with E-state index in [4.69, 9.17) is 5.73 Å². The van der Waals surface area contributed by atoms with Crippen LogP contribution in [-0.2, 0) is 6.42 Å². The average molecular weight is 229 g/mol. The first-order chi connectivity index (χ1) is 8.31. The van der Waals surface area contributed by atoms with Gasteiger partial charge in [-0.15, -0.1) is 0 Å². The number of nitrogens with two attached hydrogens (primary N) is 1. The number of nitrogens with one attached hydrogen (secondary N) is 1. The number of hydrogen-bond donors (Lipinski definition) is 2. The van der Waals surface area contributed by atoms with Gasteiger partial charge in [-0.2, -0.15) is 5.10 Å². The van der Waals surface area contributed by atoms with E-state index in [0.29, 0.717) is 17.0 Å². The molecule has 0 aliphatic rings. The summed E-state index contributed by atoms with van der Waals surface area (Å²) in [5.74, 6) is 1.28. The molecule has 3 N–H and O–H groups in total. The lowest BCUT2D eigenvalue weighted by Gasteiger charge is -2.02. The van der Waals surface area contributed by atoms with Crippen LogP contribution in [0, 0.1) is 0 Å². The Hall–Kier alpha value is -2.44. The molecular formula is C10H11N7. The van der Waals surface area contributed by atoms with Crippen LogP contribution < -0.4 is 5.73 Å². The number of aromatic amines is 1. The highest BCUT2D eigenvalue weighted by atomic mass is 15.2. The molecule has 0 aromatic carbocycles. The summed E-state index contributed by atoms with van der Waals surface area (Å²) in [5, 5.41) is 6.71. The largest absolute Gasteiger partial charge is 0.382 e. The molecule has 0 bridgehead atoms. The van der Waals surface area contributed by atoms with Crippen molar-refractivity contribution in [2.75, 3.05) is 5.73 Å². The van der Waals surface area contributed by atoms with Gasteiger partial charge in [0, 0.05) is 12.6 Å². The molecule has 3 aromatic heterocycles. The van der Waals surface area contributed by atoms with Gasteiger partial charge in [-0.25, -0.2) is 15.0 Å². The zero-order valence-electron chi connectivity index (χ0n) is 9.25. The normalized spacial score (nSPS) is 11.1. The quantitative estimate of drug-likeness (QED) is 0.673.